The molecule has 9 nitrogen and oxygen atoms in total. The molecule has 4 rings (SSSR count). The van der Waals surface area contributed by atoms with Crippen molar-refractivity contribution in [2.24, 2.45) is 4.99 Å². The summed E-state index contributed by atoms with van der Waals surface area (Å²) in [6.45, 7) is 1.16. The van der Waals surface area contributed by atoms with Gasteiger partial charge < -0.3 is 14.6 Å². The van der Waals surface area contributed by atoms with Crippen LogP contribution >= 0.6 is 11.6 Å². The molecule has 4 aromatic rings. The van der Waals surface area contributed by atoms with Crippen LogP contribution in [0, 0.1) is 0 Å². The van der Waals surface area contributed by atoms with Crippen molar-refractivity contribution in [2.45, 2.75) is 32.5 Å². The molecule has 10 heteroatoms. The topological polar surface area (TPSA) is 126 Å². The number of rotatable bonds is 7. The SMILES string of the molecule is CCc1cc2cc(/N=c3\[nH]c(=O)n(C[C@H](O)CO)c(=O)n3Cc3ccc(Cl)cc3)ccc2o1. The third kappa shape index (κ3) is 5.00. The molecule has 33 heavy (non-hydrogen) atoms. The van der Waals surface area contributed by atoms with Gasteiger partial charge in [-0.3, -0.25) is 9.55 Å². The lowest BCUT2D eigenvalue weighted by molar-refractivity contribution is 0.0783. The first-order valence-corrected chi connectivity index (χ1v) is 10.8. The van der Waals surface area contributed by atoms with Gasteiger partial charge in [0.15, 0.2) is 0 Å². The number of nitrogens with one attached hydrogen (secondary N) is 1. The molecule has 0 amide bonds. The van der Waals surface area contributed by atoms with Gasteiger partial charge in [-0.25, -0.2) is 19.1 Å². The molecule has 172 valence electrons. The molecule has 3 N–H and O–H groups in total. The van der Waals surface area contributed by atoms with Gasteiger partial charge in [-0.2, -0.15) is 0 Å². The second-order valence-electron chi connectivity index (χ2n) is 7.60. The normalized spacial score (nSPS) is 13.0. The maximum absolute atomic E-state index is 13.2. The summed E-state index contributed by atoms with van der Waals surface area (Å²) < 4.78 is 7.86. The first-order chi connectivity index (χ1) is 15.9. The van der Waals surface area contributed by atoms with E-state index in [4.69, 9.17) is 21.1 Å². The molecule has 0 aliphatic heterocycles. The Morgan fingerprint density at radius 3 is 2.58 bits per heavy atom. The van der Waals surface area contributed by atoms with Crippen molar-refractivity contribution < 1.29 is 14.6 Å². The van der Waals surface area contributed by atoms with Crippen LogP contribution in [0.3, 0.4) is 0 Å². The first-order valence-electron chi connectivity index (χ1n) is 10.4. The van der Waals surface area contributed by atoms with Gasteiger partial charge in [0.2, 0.25) is 5.62 Å². The minimum atomic E-state index is -1.26. The molecule has 2 aromatic heterocycles. The molecule has 0 spiro atoms. The van der Waals surface area contributed by atoms with Crippen LogP contribution in [-0.4, -0.2) is 37.0 Å². The zero-order valence-electron chi connectivity index (χ0n) is 17.9. The molecule has 0 unspecified atom stereocenters. The molecule has 0 saturated heterocycles. The average molecular weight is 471 g/mol. The summed E-state index contributed by atoms with van der Waals surface area (Å²) in [5, 5.41) is 20.3. The van der Waals surface area contributed by atoms with Crippen LogP contribution in [0.5, 0.6) is 0 Å². The quantitative estimate of drug-likeness (QED) is 0.380. The van der Waals surface area contributed by atoms with Gasteiger partial charge in [-0.05, 0) is 42.0 Å². The number of aliphatic hydroxyl groups excluding tert-OH is 2. The highest BCUT2D eigenvalue weighted by molar-refractivity contribution is 6.30. The van der Waals surface area contributed by atoms with E-state index in [1.807, 2.05) is 19.1 Å². The molecule has 2 aromatic carbocycles. The first kappa shape index (κ1) is 22.8. The van der Waals surface area contributed by atoms with Crippen LogP contribution in [0.1, 0.15) is 18.2 Å². The molecule has 0 saturated carbocycles. The summed E-state index contributed by atoms with van der Waals surface area (Å²) in [6, 6.07) is 14.2. The number of halogens is 1. The molecule has 0 fully saturated rings. The van der Waals surface area contributed by atoms with Gasteiger partial charge in [-0.15, -0.1) is 0 Å². The van der Waals surface area contributed by atoms with Crippen LogP contribution in [0.15, 0.2) is 67.5 Å². The van der Waals surface area contributed by atoms with E-state index in [0.717, 1.165) is 33.3 Å². The lowest BCUT2D eigenvalue weighted by Crippen LogP contribution is -2.51. The van der Waals surface area contributed by atoms with Gasteiger partial charge in [0.05, 0.1) is 31.5 Å². The van der Waals surface area contributed by atoms with Crippen molar-refractivity contribution in [2.75, 3.05) is 6.61 Å². The van der Waals surface area contributed by atoms with Crippen LogP contribution in [-0.2, 0) is 19.5 Å². The zero-order chi connectivity index (χ0) is 23.5. The van der Waals surface area contributed by atoms with Gasteiger partial charge in [-0.1, -0.05) is 30.7 Å². The van der Waals surface area contributed by atoms with E-state index in [-0.39, 0.29) is 18.7 Å². The van der Waals surface area contributed by atoms with E-state index in [1.54, 1.807) is 36.4 Å². The second kappa shape index (κ2) is 9.62. The zero-order valence-corrected chi connectivity index (χ0v) is 18.6. The number of benzene rings is 2. The Hall–Kier alpha value is -3.40. The fourth-order valence-electron chi connectivity index (χ4n) is 3.44. The molecule has 0 aliphatic carbocycles. The van der Waals surface area contributed by atoms with E-state index >= 15 is 0 Å². The molecular weight excluding hydrogens is 448 g/mol. The predicted octanol–water partition coefficient (Wildman–Crippen LogP) is 1.93. The van der Waals surface area contributed by atoms with Crippen LogP contribution < -0.4 is 17.0 Å². The highest BCUT2D eigenvalue weighted by Crippen LogP contribution is 2.24. The summed E-state index contributed by atoms with van der Waals surface area (Å²) in [5.74, 6) is 0.846. The average Bonchev–Trinajstić information content (AvgIpc) is 3.23. The summed E-state index contributed by atoms with van der Waals surface area (Å²) in [7, 11) is 0. The fourth-order valence-corrected chi connectivity index (χ4v) is 3.56. The minimum absolute atomic E-state index is 0.0493. The van der Waals surface area contributed by atoms with E-state index in [9.17, 15) is 14.7 Å². The number of aromatic nitrogens is 3. The Balaban J connectivity index is 1.87. The Morgan fingerprint density at radius 1 is 1.12 bits per heavy atom. The maximum Gasteiger partial charge on any atom is 0.335 e. The molecule has 0 radical (unpaired) electrons. The number of aromatic amines is 1. The molecule has 0 aliphatic rings. The van der Waals surface area contributed by atoms with E-state index < -0.39 is 24.1 Å². The third-order valence-corrected chi connectivity index (χ3v) is 5.43. The predicted molar refractivity (Wildman–Crippen MR) is 124 cm³/mol. The number of furan rings is 1. The summed E-state index contributed by atoms with van der Waals surface area (Å²) in [5.41, 5.74) is 0.653. The number of aliphatic hydroxyl groups is 2. The Kier molecular flexibility index (Phi) is 6.64. The van der Waals surface area contributed by atoms with Crippen LogP contribution in [0.4, 0.5) is 5.69 Å². The third-order valence-electron chi connectivity index (χ3n) is 5.17. The highest BCUT2D eigenvalue weighted by atomic mass is 35.5. The summed E-state index contributed by atoms with van der Waals surface area (Å²) >= 11 is 5.97. The maximum atomic E-state index is 13.2. The molecule has 1 atom stereocenters. The number of aryl methyl sites for hydroxylation is 1. The fraction of sp³-hybridized carbons (Fsp3) is 0.261. The van der Waals surface area contributed by atoms with Gasteiger partial charge in [0.1, 0.15) is 11.3 Å². The van der Waals surface area contributed by atoms with Gasteiger partial charge in [0.25, 0.3) is 0 Å². The lowest BCUT2D eigenvalue weighted by atomic mass is 10.2. The standard InChI is InChI=1S/C23H23ClN4O5/c1-2-19-10-15-9-17(7-8-20(15)33-19)25-21-26-22(31)28(12-18(30)13-29)23(32)27(21)11-14-3-5-16(24)6-4-14/h3-10,18,29-30H,2,11-13H2,1H3,(H,25,26,31)/t18-/m0/s1. The molecular formula is C23H23ClN4O5. The van der Waals surface area contributed by atoms with Crippen LogP contribution in [0.2, 0.25) is 5.02 Å². The van der Waals surface area contributed by atoms with Crippen molar-refractivity contribution >= 4 is 28.3 Å². The number of hydrogen-bond donors (Lipinski definition) is 3. The molecule has 2 heterocycles. The van der Waals surface area contributed by atoms with Crippen molar-refractivity contribution in [1.29, 1.82) is 0 Å². The van der Waals surface area contributed by atoms with Gasteiger partial charge >= 0.3 is 11.4 Å². The number of hydrogen-bond acceptors (Lipinski definition) is 6. The van der Waals surface area contributed by atoms with Crippen molar-refractivity contribution in [1.82, 2.24) is 14.1 Å². The Bertz CT molecular complexity index is 1460. The Labute approximate surface area is 192 Å². The highest BCUT2D eigenvalue weighted by Gasteiger charge is 2.13. The lowest BCUT2D eigenvalue weighted by Gasteiger charge is -2.13. The van der Waals surface area contributed by atoms with Crippen molar-refractivity contribution in [3.05, 3.63) is 91.5 Å². The summed E-state index contributed by atoms with van der Waals surface area (Å²) in [6.07, 6.45) is -0.500. The smallest absolute Gasteiger partial charge is 0.335 e. The second-order valence-corrected chi connectivity index (χ2v) is 8.03. The molecule has 0 bridgehead atoms. The van der Waals surface area contributed by atoms with Crippen LogP contribution in [0.25, 0.3) is 11.0 Å². The number of H-pyrrole nitrogens is 1. The van der Waals surface area contributed by atoms with E-state index in [2.05, 4.69) is 9.98 Å². The van der Waals surface area contributed by atoms with E-state index in [0.29, 0.717) is 10.7 Å². The van der Waals surface area contributed by atoms with Crippen molar-refractivity contribution in [3.8, 4) is 0 Å². The van der Waals surface area contributed by atoms with Gasteiger partial charge in [0, 0.05) is 16.8 Å². The largest absolute Gasteiger partial charge is 0.461 e. The monoisotopic (exact) mass is 470 g/mol. The van der Waals surface area contributed by atoms with Crippen molar-refractivity contribution in [3.63, 3.8) is 0 Å². The van der Waals surface area contributed by atoms with E-state index in [1.165, 1.54) is 4.57 Å². The minimum Gasteiger partial charge on any atom is -0.461 e. The summed E-state index contributed by atoms with van der Waals surface area (Å²) in [4.78, 5) is 32.9. The Morgan fingerprint density at radius 2 is 1.88 bits per heavy atom. The number of nitrogens with zero attached hydrogens (tertiary/aromatic N) is 3. The number of fused-ring (bicyclic) bond motifs is 1.